The van der Waals surface area contributed by atoms with Crippen molar-refractivity contribution in [3.8, 4) is 0 Å². The molecule has 0 radical (unpaired) electrons. The van der Waals surface area contributed by atoms with Crippen LogP contribution in [0.5, 0.6) is 0 Å². The van der Waals surface area contributed by atoms with Gasteiger partial charge in [-0.25, -0.2) is 0 Å². The molecule has 0 bridgehead atoms. The molecule has 0 aliphatic heterocycles. The first-order valence-electron chi connectivity index (χ1n) is 6.90. The van der Waals surface area contributed by atoms with Gasteiger partial charge in [-0.3, -0.25) is 9.59 Å². The maximum Gasteiger partial charge on any atom is 0.194 e. The van der Waals surface area contributed by atoms with Gasteiger partial charge in [-0.1, -0.05) is 56.3 Å². The largest absolute Gasteiger partial charge is 0.289 e. The van der Waals surface area contributed by atoms with E-state index in [0.717, 1.165) is 12.0 Å². The zero-order chi connectivity index (χ0) is 14.3. The Hall–Kier alpha value is -2.22. The molecule has 0 atom stereocenters. The number of benzene rings is 2. The van der Waals surface area contributed by atoms with E-state index < -0.39 is 0 Å². The SMILES string of the molecule is CC(C)Cc1cccc2c1C(=O)c1ccccc1C2=O. The molecular formula is C18H16O2. The van der Waals surface area contributed by atoms with Crippen molar-refractivity contribution in [1.82, 2.24) is 0 Å². The van der Waals surface area contributed by atoms with Crippen molar-refractivity contribution in [1.29, 1.82) is 0 Å². The van der Waals surface area contributed by atoms with Gasteiger partial charge in [0.1, 0.15) is 0 Å². The molecule has 0 fully saturated rings. The van der Waals surface area contributed by atoms with Gasteiger partial charge >= 0.3 is 0 Å². The lowest BCUT2D eigenvalue weighted by Crippen LogP contribution is -2.22. The minimum absolute atomic E-state index is 0.0218. The Morgan fingerprint density at radius 1 is 0.800 bits per heavy atom. The van der Waals surface area contributed by atoms with Gasteiger partial charge in [0.05, 0.1) is 0 Å². The molecule has 0 saturated carbocycles. The molecule has 1 aliphatic rings. The maximum atomic E-state index is 12.7. The molecule has 0 heterocycles. The third kappa shape index (κ3) is 1.88. The lowest BCUT2D eigenvalue weighted by atomic mass is 9.80. The van der Waals surface area contributed by atoms with Crippen LogP contribution in [0.1, 0.15) is 51.3 Å². The summed E-state index contributed by atoms with van der Waals surface area (Å²) in [6, 6.07) is 12.7. The summed E-state index contributed by atoms with van der Waals surface area (Å²) in [6.07, 6.45) is 0.810. The van der Waals surface area contributed by atoms with Crippen LogP contribution in [-0.2, 0) is 6.42 Å². The summed E-state index contributed by atoms with van der Waals surface area (Å²) in [5.41, 5.74) is 3.18. The monoisotopic (exact) mass is 264 g/mol. The fraction of sp³-hybridized carbons (Fsp3) is 0.222. The Labute approximate surface area is 118 Å². The summed E-state index contributed by atoms with van der Waals surface area (Å²) in [7, 11) is 0. The van der Waals surface area contributed by atoms with E-state index >= 15 is 0 Å². The minimum Gasteiger partial charge on any atom is -0.289 e. The van der Waals surface area contributed by atoms with Crippen LogP contribution in [0.25, 0.3) is 0 Å². The second kappa shape index (κ2) is 4.71. The van der Waals surface area contributed by atoms with Crippen LogP contribution in [0.2, 0.25) is 0 Å². The quantitative estimate of drug-likeness (QED) is 0.708. The summed E-state index contributed by atoms with van der Waals surface area (Å²) < 4.78 is 0. The van der Waals surface area contributed by atoms with Gasteiger partial charge in [0.25, 0.3) is 0 Å². The molecule has 2 aromatic rings. The smallest absolute Gasteiger partial charge is 0.194 e. The average molecular weight is 264 g/mol. The van der Waals surface area contributed by atoms with E-state index in [1.807, 2.05) is 12.1 Å². The zero-order valence-corrected chi connectivity index (χ0v) is 11.6. The van der Waals surface area contributed by atoms with Crippen molar-refractivity contribution >= 4 is 11.6 Å². The predicted octanol–water partition coefficient (Wildman–Crippen LogP) is 3.66. The number of hydrogen-bond donors (Lipinski definition) is 0. The Morgan fingerprint density at radius 3 is 2.05 bits per heavy atom. The van der Waals surface area contributed by atoms with Crippen molar-refractivity contribution in [3.63, 3.8) is 0 Å². The fourth-order valence-electron chi connectivity index (χ4n) is 2.83. The van der Waals surface area contributed by atoms with Gasteiger partial charge in [0.15, 0.2) is 11.6 Å². The number of rotatable bonds is 2. The number of carbonyl (C=O) groups is 2. The molecule has 0 unspecified atom stereocenters. The van der Waals surface area contributed by atoms with Crippen LogP contribution in [0.4, 0.5) is 0 Å². The first-order valence-corrected chi connectivity index (χ1v) is 6.90. The third-order valence-electron chi connectivity index (χ3n) is 3.67. The Kier molecular flexibility index (Phi) is 3.01. The highest BCUT2D eigenvalue weighted by Gasteiger charge is 2.30. The van der Waals surface area contributed by atoms with Crippen molar-refractivity contribution in [2.45, 2.75) is 20.3 Å². The standard InChI is InChI=1S/C18H16O2/c1-11(2)10-12-6-5-9-15-16(12)18(20)14-8-4-3-7-13(14)17(15)19/h3-9,11H,10H2,1-2H3. The van der Waals surface area contributed by atoms with E-state index in [-0.39, 0.29) is 11.6 Å². The zero-order valence-electron chi connectivity index (χ0n) is 11.6. The molecular weight excluding hydrogens is 248 g/mol. The number of carbonyl (C=O) groups excluding carboxylic acids is 2. The molecule has 0 spiro atoms. The molecule has 1 aliphatic carbocycles. The average Bonchev–Trinajstić information content (AvgIpc) is 2.44. The first-order chi connectivity index (χ1) is 9.59. The second-order valence-electron chi connectivity index (χ2n) is 5.64. The molecule has 0 saturated heterocycles. The van der Waals surface area contributed by atoms with Crippen molar-refractivity contribution in [3.05, 3.63) is 70.3 Å². The molecule has 20 heavy (non-hydrogen) atoms. The van der Waals surface area contributed by atoms with E-state index in [1.165, 1.54) is 0 Å². The Morgan fingerprint density at radius 2 is 1.40 bits per heavy atom. The lowest BCUT2D eigenvalue weighted by Gasteiger charge is -2.20. The molecule has 0 amide bonds. The van der Waals surface area contributed by atoms with Crippen molar-refractivity contribution < 1.29 is 9.59 Å². The van der Waals surface area contributed by atoms with E-state index in [0.29, 0.717) is 28.2 Å². The van der Waals surface area contributed by atoms with Crippen LogP contribution in [0.15, 0.2) is 42.5 Å². The maximum absolute atomic E-state index is 12.7. The molecule has 0 aromatic heterocycles. The number of fused-ring (bicyclic) bond motifs is 2. The Balaban J connectivity index is 2.23. The molecule has 3 rings (SSSR count). The topological polar surface area (TPSA) is 34.1 Å². The van der Waals surface area contributed by atoms with Gasteiger partial charge in [-0.05, 0) is 17.9 Å². The van der Waals surface area contributed by atoms with E-state index in [2.05, 4.69) is 13.8 Å². The van der Waals surface area contributed by atoms with Crippen LogP contribution in [0.3, 0.4) is 0 Å². The molecule has 2 nitrogen and oxygen atoms in total. The van der Waals surface area contributed by atoms with Gasteiger partial charge < -0.3 is 0 Å². The number of ketones is 2. The van der Waals surface area contributed by atoms with Gasteiger partial charge in [-0.15, -0.1) is 0 Å². The first kappa shape index (κ1) is 12.8. The van der Waals surface area contributed by atoms with Gasteiger partial charge in [0, 0.05) is 22.3 Å². The Bertz CT molecular complexity index is 711. The molecule has 2 aromatic carbocycles. The molecule has 2 heteroatoms. The van der Waals surface area contributed by atoms with Crippen molar-refractivity contribution in [2.75, 3.05) is 0 Å². The van der Waals surface area contributed by atoms with Gasteiger partial charge in [0.2, 0.25) is 0 Å². The van der Waals surface area contributed by atoms with E-state index in [9.17, 15) is 9.59 Å². The lowest BCUT2D eigenvalue weighted by molar-refractivity contribution is 0.0978. The molecule has 0 N–H and O–H groups in total. The number of hydrogen-bond acceptors (Lipinski definition) is 2. The normalized spacial score (nSPS) is 13.3. The van der Waals surface area contributed by atoms with Gasteiger partial charge in [-0.2, -0.15) is 0 Å². The van der Waals surface area contributed by atoms with Crippen LogP contribution in [0, 0.1) is 5.92 Å². The highest BCUT2D eigenvalue weighted by atomic mass is 16.1. The molecule has 100 valence electrons. The highest BCUT2D eigenvalue weighted by molar-refractivity contribution is 6.28. The summed E-state index contributed by atoms with van der Waals surface area (Å²) in [5.74, 6) is 0.383. The van der Waals surface area contributed by atoms with Crippen LogP contribution < -0.4 is 0 Å². The third-order valence-corrected chi connectivity index (χ3v) is 3.67. The fourth-order valence-corrected chi connectivity index (χ4v) is 2.83. The van der Waals surface area contributed by atoms with Crippen LogP contribution >= 0.6 is 0 Å². The summed E-state index contributed by atoms with van der Waals surface area (Å²) in [5, 5.41) is 0. The summed E-state index contributed by atoms with van der Waals surface area (Å²) in [6.45, 7) is 4.23. The van der Waals surface area contributed by atoms with E-state index in [4.69, 9.17) is 0 Å². The van der Waals surface area contributed by atoms with E-state index in [1.54, 1.807) is 30.3 Å². The van der Waals surface area contributed by atoms with Crippen molar-refractivity contribution in [2.24, 2.45) is 5.92 Å². The second-order valence-corrected chi connectivity index (χ2v) is 5.64. The summed E-state index contributed by atoms with van der Waals surface area (Å²) in [4.78, 5) is 25.2. The predicted molar refractivity (Wildman–Crippen MR) is 78.3 cm³/mol. The highest BCUT2D eigenvalue weighted by Crippen LogP contribution is 2.30. The van der Waals surface area contributed by atoms with Crippen LogP contribution in [-0.4, -0.2) is 11.6 Å². The minimum atomic E-state index is -0.0409. The summed E-state index contributed by atoms with van der Waals surface area (Å²) >= 11 is 0.